The first kappa shape index (κ1) is 22.7. The molecule has 2 fully saturated rings. The lowest BCUT2D eigenvalue weighted by molar-refractivity contribution is 0.122. The number of thiophene rings is 1. The second-order valence-corrected chi connectivity index (χ2v) is 10.9. The first-order chi connectivity index (χ1) is 18.2. The van der Waals surface area contributed by atoms with Crippen molar-refractivity contribution in [1.82, 2.24) is 14.5 Å². The predicted molar refractivity (Wildman–Crippen MR) is 150 cm³/mol. The van der Waals surface area contributed by atoms with Crippen molar-refractivity contribution in [1.29, 1.82) is 0 Å². The van der Waals surface area contributed by atoms with Crippen molar-refractivity contribution in [3.63, 3.8) is 0 Å². The van der Waals surface area contributed by atoms with Crippen LogP contribution in [-0.2, 0) is 10.3 Å². The zero-order chi connectivity index (χ0) is 24.8. The lowest BCUT2D eigenvalue weighted by Crippen LogP contribution is -2.43. The third-order valence-electron chi connectivity index (χ3n) is 7.71. The molecule has 1 aliphatic heterocycles. The Morgan fingerprint density at radius 3 is 2.43 bits per heavy atom. The topological polar surface area (TPSA) is 69.2 Å². The largest absolute Gasteiger partial charge is 0.378 e. The number of morpholine rings is 1. The van der Waals surface area contributed by atoms with Gasteiger partial charge in [-0.25, -0.2) is 9.97 Å². The van der Waals surface area contributed by atoms with Crippen molar-refractivity contribution >= 4 is 28.2 Å². The summed E-state index contributed by atoms with van der Waals surface area (Å²) >= 11 is 1.69. The number of rotatable bonds is 5. The van der Waals surface area contributed by atoms with E-state index in [1.165, 1.54) is 17.7 Å². The van der Waals surface area contributed by atoms with Gasteiger partial charge < -0.3 is 15.4 Å². The van der Waals surface area contributed by atoms with E-state index in [-0.39, 0.29) is 5.54 Å². The van der Waals surface area contributed by atoms with Crippen molar-refractivity contribution < 1.29 is 4.74 Å². The number of pyridine rings is 1. The molecule has 0 atom stereocenters. The Hall–Kier alpha value is -3.52. The summed E-state index contributed by atoms with van der Waals surface area (Å²) in [6.45, 7) is 3.35. The molecule has 2 N–H and O–H groups in total. The van der Waals surface area contributed by atoms with E-state index in [2.05, 4.69) is 87.6 Å². The molecule has 2 aliphatic rings. The lowest BCUT2D eigenvalue weighted by atomic mass is 9.73. The molecule has 186 valence electrons. The van der Waals surface area contributed by atoms with E-state index in [9.17, 15) is 0 Å². The summed E-state index contributed by atoms with van der Waals surface area (Å²) in [5.74, 6) is 0.913. The molecule has 0 spiro atoms. The van der Waals surface area contributed by atoms with Gasteiger partial charge in [-0.3, -0.25) is 4.57 Å². The molecule has 1 saturated carbocycles. The van der Waals surface area contributed by atoms with Gasteiger partial charge in [-0.2, -0.15) is 0 Å². The van der Waals surface area contributed by atoms with Crippen LogP contribution < -0.4 is 10.6 Å². The van der Waals surface area contributed by atoms with Crippen LogP contribution >= 0.6 is 11.3 Å². The molecular formula is C30H29N5OS. The molecule has 0 bridgehead atoms. The summed E-state index contributed by atoms with van der Waals surface area (Å²) < 4.78 is 7.72. The Labute approximate surface area is 220 Å². The first-order valence-corrected chi connectivity index (χ1v) is 13.8. The van der Waals surface area contributed by atoms with Gasteiger partial charge in [0.05, 0.1) is 23.8 Å². The van der Waals surface area contributed by atoms with Gasteiger partial charge in [0.2, 0.25) is 0 Å². The summed E-state index contributed by atoms with van der Waals surface area (Å²) in [4.78, 5) is 13.7. The molecular weight excluding hydrogens is 478 g/mol. The first-order valence-electron chi connectivity index (χ1n) is 12.9. The quantitative estimate of drug-likeness (QED) is 0.316. The van der Waals surface area contributed by atoms with E-state index in [1.807, 2.05) is 0 Å². The van der Waals surface area contributed by atoms with Crippen LogP contribution in [0, 0.1) is 0 Å². The fourth-order valence-electron chi connectivity index (χ4n) is 5.41. The van der Waals surface area contributed by atoms with Gasteiger partial charge in [-0.05, 0) is 72.7 Å². The average molecular weight is 508 g/mol. The molecule has 0 radical (unpaired) electrons. The molecule has 0 amide bonds. The third-order valence-corrected chi connectivity index (χ3v) is 8.58. The minimum Gasteiger partial charge on any atom is -0.378 e. The highest BCUT2D eigenvalue weighted by Crippen LogP contribution is 2.39. The predicted octanol–water partition coefficient (Wildman–Crippen LogP) is 5.99. The Morgan fingerprint density at radius 1 is 0.865 bits per heavy atom. The Balaban J connectivity index is 1.34. The van der Waals surface area contributed by atoms with Crippen LogP contribution in [0.1, 0.15) is 24.8 Å². The maximum absolute atomic E-state index is 6.60. The molecule has 3 aromatic heterocycles. The summed E-state index contributed by atoms with van der Waals surface area (Å²) in [5, 5.41) is 2.09. The Kier molecular flexibility index (Phi) is 5.57. The second kappa shape index (κ2) is 9.10. The molecule has 4 heterocycles. The number of nitrogens with two attached hydrogens (primary N) is 1. The van der Waals surface area contributed by atoms with Crippen LogP contribution in [0.3, 0.4) is 0 Å². The van der Waals surface area contributed by atoms with Gasteiger partial charge >= 0.3 is 0 Å². The van der Waals surface area contributed by atoms with Crippen molar-refractivity contribution in [3.8, 4) is 27.6 Å². The van der Waals surface area contributed by atoms with Gasteiger partial charge in [0.25, 0.3) is 0 Å². The van der Waals surface area contributed by atoms with E-state index >= 15 is 0 Å². The molecule has 5 aromatic rings. The number of ether oxygens (including phenoxy) is 1. The summed E-state index contributed by atoms with van der Waals surface area (Å²) in [6.07, 6.45) is 3.30. The minimum absolute atomic E-state index is 0.178. The van der Waals surface area contributed by atoms with Crippen LogP contribution in [0.25, 0.3) is 38.8 Å². The van der Waals surface area contributed by atoms with E-state index in [1.54, 1.807) is 11.3 Å². The van der Waals surface area contributed by atoms with E-state index in [0.717, 1.165) is 78.0 Å². The van der Waals surface area contributed by atoms with Gasteiger partial charge in [0.15, 0.2) is 11.5 Å². The summed E-state index contributed by atoms with van der Waals surface area (Å²) in [7, 11) is 0. The monoisotopic (exact) mass is 507 g/mol. The van der Waals surface area contributed by atoms with E-state index in [0.29, 0.717) is 0 Å². The van der Waals surface area contributed by atoms with Crippen molar-refractivity contribution in [3.05, 3.63) is 83.7 Å². The fourth-order valence-corrected chi connectivity index (χ4v) is 6.11. The molecule has 1 saturated heterocycles. The third kappa shape index (κ3) is 4.03. The Bertz CT molecular complexity index is 1550. The highest BCUT2D eigenvalue weighted by Gasteiger charge is 2.34. The van der Waals surface area contributed by atoms with Crippen LogP contribution in [0.4, 0.5) is 5.69 Å². The molecule has 37 heavy (non-hydrogen) atoms. The molecule has 1 aliphatic carbocycles. The van der Waals surface area contributed by atoms with Crippen LogP contribution in [-0.4, -0.2) is 40.8 Å². The molecule has 0 unspecified atom stereocenters. The van der Waals surface area contributed by atoms with Crippen molar-refractivity contribution in [2.45, 2.75) is 24.8 Å². The normalized spacial score (nSPS) is 17.2. The van der Waals surface area contributed by atoms with E-state index < -0.39 is 0 Å². The van der Waals surface area contributed by atoms with Gasteiger partial charge in [0.1, 0.15) is 5.52 Å². The number of benzene rings is 2. The average Bonchev–Trinajstić information content (AvgIpc) is 3.60. The smallest absolute Gasteiger partial charge is 0.165 e. The lowest BCUT2D eigenvalue weighted by Gasteiger charge is -2.38. The number of fused-ring (bicyclic) bond motifs is 1. The standard InChI is InChI=1S/C30H29N5OS/c31-30(13-3-14-30)22-7-9-23(10-8-22)35-28-26(33-29(35)27-6-2-19-37-27)12-11-25(32-28)21-4-1-5-24(20-21)34-15-17-36-18-16-34/h1-2,4-12,19-20H,3,13-18,31H2. The number of nitrogens with zero attached hydrogens (tertiary/aromatic N) is 4. The minimum atomic E-state index is -0.178. The summed E-state index contributed by atoms with van der Waals surface area (Å²) in [5.41, 5.74) is 13.7. The number of anilines is 1. The Morgan fingerprint density at radius 2 is 1.70 bits per heavy atom. The second-order valence-electron chi connectivity index (χ2n) is 9.99. The van der Waals surface area contributed by atoms with Crippen LogP contribution in [0.5, 0.6) is 0 Å². The number of hydrogen-bond acceptors (Lipinski definition) is 6. The van der Waals surface area contributed by atoms with Gasteiger partial charge in [-0.15, -0.1) is 11.3 Å². The SMILES string of the molecule is NC1(c2ccc(-n3c(-c4cccs4)nc4ccc(-c5cccc(N6CCOCC6)c5)nc43)cc2)CCC1. The maximum atomic E-state index is 6.60. The summed E-state index contributed by atoms with van der Waals surface area (Å²) in [6, 6.07) is 25.7. The zero-order valence-electron chi connectivity index (χ0n) is 20.6. The maximum Gasteiger partial charge on any atom is 0.165 e. The van der Waals surface area contributed by atoms with E-state index in [4.69, 9.17) is 20.4 Å². The van der Waals surface area contributed by atoms with Gasteiger partial charge in [-0.1, -0.05) is 30.3 Å². The van der Waals surface area contributed by atoms with Crippen LogP contribution in [0.15, 0.2) is 78.2 Å². The highest BCUT2D eigenvalue weighted by atomic mass is 32.1. The molecule has 6 nitrogen and oxygen atoms in total. The van der Waals surface area contributed by atoms with Crippen molar-refractivity contribution in [2.24, 2.45) is 5.73 Å². The van der Waals surface area contributed by atoms with Crippen molar-refractivity contribution in [2.75, 3.05) is 31.2 Å². The number of aromatic nitrogens is 3. The molecule has 7 rings (SSSR count). The van der Waals surface area contributed by atoms with Crippen LogP contribution in [0.2, 0.25) is 0 Å². The highest BCUT2D eigenvalue weighted by molar-refractivity contribution is 7.13. The number of imidazole rings is 1. The number of hydrogen-bond donors (Lipinski definition) is 1. The zero-order valence-corrected chi connectivity index (χ0v) is 21.5. The molecule has 7 heteroatoms. The fraction of sp³-hybridized carbons (Fsp3) is 0.267. The molecule has 2 aromatic carbocycles. The van der Waals surface area contributed by atoms with Gasteiger partial charge in [0, 0.05) is 35.6 Å².